The summed E-state index contributed by atoms with van der Waals surface area (Å²) in [5, 5.41) is 0. The van der Waals surface area contributed by atoms with Crippen LogP contribution in [0.25, 0.3) is 0 Å². The molecule has 1 rings (SSSR count). The van der Waals surface area contributed by atoms with Crippen molar-refractivity contribution in [3.8, 4) is 0 Å². The van der Waals surface area contributed by atoms with Crippen LogP contribution in [-0.4, -0.2) is 6.54 Å². The van der Waals surface area contributed by atoms with Crippen molar-refractivity contribution in [2.45, 2.75) is 71.6 Å². The van der Waals surface area contributed by atoms with Crippen LogP contribution in [0.3, 0.4) is 0 Å². The Kier molecular flexibility index (Phi) is 13.2. The van der Waals surface area contributed by atoms with Crippen molar-refractivity contribution in [2.24, 2.45) is 5.73 Å². The average molecular weight is 290 g/mol. The van der Waals surface area contributed by atoms with E-state index in [0.29, 0.717) is 0 Å². The normalized spacial score (nSPS) is 10.1. The first-order valence-corrected chi connectivity index (χ1v) is 8.61. The Morgan fingerprint density at radius 1 is 0.952 bits per heavy atom. The lowest BCUT2D eigenvalue weighted by Crippen LogP contribution is -1.99. The SMILES string of the molecule is C=C(CCC)CCN.CCCC(CCC)c1ccccc1. The first-order valence-electron chi connectivity index (χ1n) is 8.61. The van der Waals surface area contributed by atoms with Crippen molar-refractivity contribution in [3.63, 3.8) is 0 Å². The molecule has 0 fully saturated rings. The van der Waals surface area contributed by atoms with Crippen molar-refractivity contribution >= 4 is 0 Å². The van der Waals surface area contributed by atoms with Crippen LogP contribution in [0.4, 0.5) is 0 Å². The standard InChI is InChI=1S/C13H20.C7H15N/c1-3-8-12(9-4-2)13-10-6-5-7-11-13;1-3-4-7(2)5-6-8/h5-7,10-12H,3-4,8-9H2,1-2H3;2-6,8H2,1H3. The van der Waals surface area contributed by atoms with Gasteiger partial charge in [0.1, 0.15) is 0 Å². The van der Waals surface area contributed by atoms with E-state index in [1.165, 1.54) is 43.2 Å². The van der Waals surface area contributed by atoms with Gasteiger partial charge in [-0.25, -0.2) is 0 Å². The predicted molar refractivity (Wildman–Crippen MR) is 96.7 cm³/mol. The topological polar surface area (TPSA) is 26.0 Å². The maximum Gasteiger partial charge on any atom is -0.00400 e. The minimum Gasteiger partial charge on any atom is -0.330 e. The number of hydrogen-bond acceptors (Lipinski definition) is 1. The summed E-state index contributed by atoms with van der Waals surface area (Å²) in [6, 6.07) is 10.9. The summed E-state index contributed by atoms with van der Waals surface area (Å²) in [5.74, 6) is 0.788. The smallest absolute Gasteiger partial charge is 0.00400 e. The third kappa shape index (κ3) is 10.3. The van der Waals surface area contributed by atoms with Gasteiger partial charge in [-0.15, -0.1) is 0 Å². The minimum atomic E-state index is 0.749. The fraction of sp³-hybridized carbons (Fsp3) is 0.600. The molecule has 0 atom stereocenters. The highest BCUT2D eigenvalue weighted by Crippen LogP contribution is 2.25. The zero-order valence-corrected chi connectivity index (χ0v) is 14.4. The van der Waals surface area contributed by atoms with E-state index in [9.17, 15) is 0 Å². The number of benzene rings is 1. The van der Waals surface area contributed by atoms with Gasteiger partial charge in [0, 0.05) is 0 Å². The van der Waals surface area contributed by atoms with E-state index in [1.54, 1.807) is 0 Å². The van der Waals surface area contributed by atoms with Crippen LogP contribution < -0.4 is 5.73 Å². The van der Waals surface area contributed by atoms with E-state index in [1.807, 2.05) is 0 Å². The Hall–Kier alpha value is -1.08. The molecule has 1 heteroatoms. The Morgan fingerprint density at radius 3 is 1.95 bits per heavy atom. The molecular formula is C20H35N. The van der Waals surface area contributed by atoms with Crippen molar-refractivity contribution in [1.29, 1.82) is 0 Å². The molecule has 21 heavy (non-hydrogen) atoms. The van der Waals surface area contributed by atoms with Crippen LogP contribution >= 0.6 is 0 Å². The molecule has 0 aliphatic rings. The van der Waals surface area contributed by atoms with Gasteiger partial charge < -0.3 is 5.73 Å². The number of rotatable bonds is 9. The van der Waals surface area contributed by atoms with Gasteiger partial charge in [-0.1, -0.05) is 82.5 Å². The van der Waals surface area contributed by atoms with Gasteiger partial charge in [-0.05, 0) is 43.7 Å². The summed E-state index contributed by atoms with van der Waals surface area (Å²) in [5.41, 5.74) is 8.11. The van der Waals surface area contributed by atoms with Crippen molar-refractivity contribution in [3.05, 3.63) is 48.0 Å². The molecular weight excluding hydrogens is 254 g/mol. The molecule has 0 saturated carbocycles. The number of nitrogens with two attached hydrogens (primary N) is 1. The first-order chi connectivity index (χ1) is 10.2. The molecule has 0 unspecified atom stereocenters. The second-order valence-corrected chi connectivity index (χ2v) is 5.72. The van der Waals surface area contributed by atoms with E-state index in [4.69, 9.17) is 5.73 Å². The third-order valence-electron chi connectivity index (χ3n) is 3.65. The molecule has 0 bridgehead atoms. The van der Waals surface area contributed by atoms with Crippen molar-refractivity contribution in [2.75, 3.05) is 6.54 Å². The van der Waals surface area contributed by atoms with Gasteiger partial charge in [0.25, 0.3) is 0 Å². The minimum absolute atomic E-state index is 0.749. The third-order valence-corrected chi connectivity index (χ3v) is 3.65. The first kappa shape index (κ1) is 19.9. The lowest BCUT2D eigenvalue weighted by atomic mass is 9.91. The highest BCUT2D eigenvalue weighted by molar-refractivity contribution is 5.19. The maximum absolute atomic E-state index is 5.30. The van der Waals surface area contributed by atoms with E-state index in [-0.39, 0.29) is 0 Å². The second kappa shape index (κ2) is 13.9. The van der Waals surface area contributed by atoms with Gasteiger partial charge in [-0.3, -0.25) is 0 Å². The summed E-state index contributed by atoms with van der Waals surface area (Å²) in [6.07, 6.45) is 8.57. The van der Waals surface area contributed by atoms with Crippen LogP contribution in [0.15, 0.2) is 42.5 Å². The Morgan fingerprint density at radius 2 is 1.52 bits per heavy atom. The van der Waals surface area contributed by atoms with Gasteiger partial charge in [0.2, 0.25) is 0 Å². The second-order valence-electron chi connectivity index (χ2n) is 5.72. The van der Waals surface area contributed by atoms with Gasteiger partial charge >= 0.3 is 0 Å². The lowest BCUT2D eigenvalue weighted by Gasteiger charge is -2.15. The summed E-state index contributed by atoms with van der Waals surface area (Å²) >= 11 is 0. The number of hydrogen-bond donors (Lipinski definition) is 1. The molecule has 0 aliphatic carbocycles. The average Bonchev–Trinajstić information content (AvgIpc) is 2.49. The predicted octanol–water partition coefficient (Wildman–Crippen LogP) is 6.06. The zero-order chi connectivity index (χ0) is 15.9. The van der Waals surface area contributed by atoms with E-state index < -0.39 is 0 Å². The molecule has 0 amide bonds. The molecule has 0 radical (unpaired) electrons. The van der Waals surface area contributed by atoms with E-state index in [0.717, 1.165) is 25.3 Å². The fourth-order valence-corrected chi connectivity index (χ4v) is 2.58. The molecule has 2 N–H and O–H groups in total. The summed E-state index contributed by atoms with van der Waals surface area (Å²) in [6.45, 7) is 11.3. The molecule has 0 spiro atoms. The largest absolute Gasteiger partial charge is 0.330 e. The molecule has 1 aromatic carbocycles. The molecule has 0 aliphatic heterocycles. The quantitative estimate of drug-likeness (QED) is 0.549. The Labute approximate surface area is 132 Å². The van der Waals surface area contributed by atoms with Crippen LogP contribution in [-0.2, 0) is 0 Å². The van der Waals surface area contributed by atoms with Crippen molar-refractivity contribution in [1.82, 2.24) is 0 Å². The molecule has 1 nitrogen and oxygen atoms in total. The van der Waals surface area contributed by atoms with Gasteiger partial charge in [0.05, 0.1) is 0 Å². The highest BCUT2D eigenvalue weighted by Gasteiger charge is 2.07. The van der Waals surface area contributed by atoms with Crippen LogP contribution in [0, 0.1) is 0 Å². The van der Waals surface area contributed by atoms with Gasteiger partial charge in [0.15, 0.2) is 0 Å². The molecule has 0 saturated heterocycles. The van der Waals surface area contributed by atoms with Gasteiger partial charge in [-0.2, -0.15) is 0 Å². The Bertz CT molecular complexity index is 328. The fourth-order valence-electron chi connectivity index (χ4n) is 2.58. The summed E-state index contributed by atoms with van der Waals surface area (Å²) in [4.78, 5) is 0. The molecule has 0 heterocycles. The monoisotopic (exact) mass is 289 g/mol. The Balaban J connectivity index is 0.000000433. The maximum atomic E-state index is 5.30. The molecule has 120 valence electrons. The van der Waals surface area contributed by atoms with Crippen LogP contribution in [0.1, 0.15) is 77.2 Å². The van der Waals surface area contributed by atoms with Crippen LogP contribution in [0.2, 0.25) is 0 Å². The lowest BCUT2D eigenvalue weighted by molar-refractivity contribution is 0.561. The molecule has 0 aromatic heterocycles. The molecule has 1 aromatic rings. The highest BCUT2D eigenvalue weighted by atomic mass is 14.5. The van der Waals surface area contributed by atoms with E-state index in [2.05, 4.69) is 57.7 Å². The zero-order valence-electron chi connectivity index (χ0n) is 14.4. The van der Waals surface area contributed by atoms with Crippen molar-refractivity contribution < 1.29 is 0 Å². The van der Waals surface area contributed by atoms with E-state index >= 15 is 0 Å². The summed E-state index contributed by atoms with van der Waals surface area (Å²) in [7, 11) is 0. The summed E-state index contributed by atoms with van der Waals surface area (Å²) < 4.78 is 0. The van der Waals surface area contributed by atoms with Crippen LogP contribution in [0.5, 0.6) is 0 Å².